The highest BCUT2D eigenvalue weighted by atomic mass is 32.1. The predicted molar refractivity (Wildman–Crippen MR) is 124 cm³/mol. The first-order valence-corrected chi connectivity index (χ1v) is 14.5. The molecule has 0 saturated carbocycles. The van der Waals surface area contributed by atoms with Gasteiger partial charge in [-0.25, -0.2) is 0 Å². The summed E-state index contributed by atoms with van der Waals surface area (Å²) in [7, 11) is 4.14. The number of hydrogen-bond donors (Lipinski definition) is 0. The molecule has 0 atom stereocenters. The first-order valence-electron chi connectivity index (χ1n) is 8.63. The minimum absolute atomic E-state index is 0.990. The summed E-state index contributed by atoms with van der Waals surface area (Å²) in [5.41, 5.74) is 0. The van der Waals surface area contributed by atoms with Gasteiger partial charge in [0.25, 0.3) is 0 Å². The third kappa shape index (κ3) is 4.22. The van der Waals surface area contributed by atoms with E-state index in [0.717, 1.165) is 18.8 Å². The van der Waals surface area contributed by atoms with Crippen LogP contribution in [0.2, 0.25) is 0 Å². The molecule has 0 aliphatic carbocycles. The van der Waals surface area contributed by atoms with Crippen LogP contribution in [-0.4, -0.2) is 60.3 Å². The predicted octanol–water partition coefficient (Wildman–Crippen LogP) is 3.38. The zero-order chi connectivity index (χ0) is 21.1. The van der Waals surface area contributed by atoms with Gasteiger partial charge in [-0.3, -0.25) is 0 Å². The van der Waals surface area contributed by atoms with Crippen LogP contribution in [0.25, 0.3) is 19.5 Å². The monoisotopic (exact) mass is 488 g/mol. The lowest BCUT2D eigenvalue weighted by Crippen LogP contribution is -2.53. The molecule has 158 valence electrons. The van der Waals surface area contributed by atoms with Crippen molar-refractivity contribution in [2.24, 2.45) is 0 Å². The molecule has 11 heteroatoms. The van der Waals surface area contributed by atoms with E-state index in [1.54, 1.807) is 76.7 Å². The van der Waals surface area contributed by atoms with Gasteiger partial charge in [0.2, 0.25) is 0 Å². The molecule has 0 fully saturated rings. The molecule has 0 bridgehead atoms. The summed E-state index contributed by atoms with van der Waals surface area (Å²) in [4.78, 5) is 4.69. The van der Waals surface area contributed by atoms with Crippen molar-refractivity contribution in [2.45, 2.75) is 0 Å². The van der Waals surface area contributed by atoms with Crippen LogP contribution in [0.5, 0.6) is 0 Å². The van der Waals surface area contributed by atoms with Crippen LogP contribution in [0.15, 0.2) is 36.4 Å². The van der Waals surface area contributed by atoms with Crippen molar-refractivity contribution in [2.75, 3.05) is 42.7 Å². The third-order valence-electron chi connectivity index (χ3n) is 4.52. The average Bonchev–Trinajstić information content (AvgIpc) is 3.52. The highest BCUT2D eigenvalue weighted by molar-refractivity contribution is 7.32. The molecule has 6 nitrogen and oxygen atoms in total. The Morgan fingerprint density at radius 2 is 0.724 bits per heavy atom. The van der Waals surface area contributed by atoms with Crippen molar-refractivity contribution in [1.82, 2.24) is 0 Å². The molecule has 3 heterocycles. The largest absolute Gasteiger partial charge is 0.546 e. The van der Waals surface area contributed by atoms with Crippen LogP contribution in [0.1, 0.15) is 0 Å². The Balaban J connectivity index is 1.88. The van der Waals surface area contributed by atoms with E-state index in [-0.39, 0.29) is 0 Å². The topological polar surface area (TPSA) is 55.4 Å². The van der Waals surface area contributed by atoms with E-state index in [1.165, 1.54) is 9.75 Å². The Kier molecular flexibility index (Phi) is 7.62. The van der Waals surface area contributed by atoms with Crippen molar-refractivity contribution < 1.29 is 26.6 Å². The van der Waals surface area contributed by atoms with Gasteiger partial charge in [0.15, 0.2) is 0 Å². The SMILES string of the molecule is CO[Si](OC)(OC)c1ccc(-c2ccc(-c3ccc([Si](OC)(OC)OC)s3)s2)s1. The van der Waals surface area contributed by atoms with Gasteiger partial charge in [-0.1, -0.05) is 0 Å². The molecule has 3 aromatic rings. The quantitative estimate of drug-likeness (QED) is 0.408. The lowest BCUT2D eigenvalue weighted by atomic mass is 10.3. The minimum Gasteiger partial charge on any atom is -0.373 e. The second-order valence-corrected chi connectivity index (χ2v) is 15.6. The fraction of sp³-hybridized carbons (Fsp3) is 0.333. The van der Waals surface area contributed by atoms with Crippen molar-refractivity contribution in [3.63, 3.8) is 0 Å². The van der Waals surface area contributed by atoms with Crippen LogP contribution in [0.3, 0.4) is 0 Å². The summed E-state index contributed by atoms with van der Waals surface area (Å²) in [5, 5.41) is 0. The normalized spacial score (nSPS) is 12.6. The van der Waals surface area contributed by atoms with Crippen LogP contribution in [-0.2, 0) is 26.6 Å². The maximum absolute atomic E-state index is 5.59. The molecule has 0 aromatic carbocycles. The summed E-state index contributed by atoms with van der Waals surface area (Å²) < 4.78 is 35.5. The molecule has 0 N–H and O–H groups in total. The van der Waals surface area contributed by atoms with E-state index in [9.17, 15) is 0 Å². The molecular weight excluding hydrogens is 465 g/mol. The third-order valence-corrected chi connectivity index (χ3v) is 14.7. The molecule has 0 spiro atoms. The maximum atomic E-state index is 5.59. The average molecular weight is 489 g/mol. The van der Waals surface area contributed by atoms with Crippen LogP contribution >= 0.6 is 34.0 Å². The molecular formula is C18H24O6S3Si2. The Morgan fingerprint density at radius 3 is 1.03 bits per heavy atom. The zero-order valence-electron chi connectivity index (χ0n) is 17.1. The fourth-order valence-electron chi connectivity index (χ4n) is 2.98. The highest BCUT2D eigenvalue weighted by Crippen LogP contribution is 2.38. The molecule has 0 saturated heterocycles. The highest BCUT2D eigenvalue weighted by Gasteiger charge is 2.43. The minimum atomic E-state index is -2.80. The van der Waals surface area contributed by atoms with E-state index >= 15 is 0 Å². The van der Waals surface area contributed by atoms with Crippen LogP contribution in [0, 0.1) is 0 Å². The molecule has 0 amide bonds. The van der Waals surface area contributed by atoms with Gasteiger partial charge in [0.1, 0.15) is 0 Å². The molecule has 29 heavy (non-hydrogen) atoms. The van der Waals surface area contributed by atoms with Crippen molar-refractivity contribution >= 4 is 60.6 Å². The molecule has 3 rings (SSSR count). The Hall–Kier alpha value is -0.706. The van der Waals surface area contributed by atoms with E-state index in [2.05, 4.69) is 24.3 Å². The maximum Gasteiger partial charge on any atom is 0.546 e. The lowest BCUT2D eigenvalue weighted by Gasteiger charge is -2.22. The first kappa shape index (κ1) is 23.0. The van der Waals surface area contributed by atoms with E-state index in [4.69, 9.17) is 26.6 Å². The summed E-state index contributed by atoms with van der Waals surface area (Å²) in [5.74, 6) is 0. The Bertz CT molecular complexity index is 840. The Labute approximate surface area is 185 Å². The summed E-state index contributed by atoms with van der Waals surface area (Å²) in [6, 6.07) is 12.5. The summed E-state index contributed by atoms with van der Waals surface area (Å²) in [6.07, 6.45) is 0. The second-order valence-electron chi connectivity index (χ2n) is 5.83. The van der Waals surface area contributed by atoms with Gasteiger partial charge in [0.05, 0.1) is 9.00 Å². The fourth-order valence-corrected chi connectivity index (χ4v) is 11.6. The van der Waals surface area contributed by atoms with Crippen LogP contribution in [0.4, 0.5) is 0 Å². The number of thiophene rings is 3. The smallest absolute Gasteiger partial charge is 0.373 e. The summed E-state index contributed by atoms with van der Waals surface area (Å²) in [6.45, 7) is 0. The molecule has 3 aromatic heterocycles. The zero-order valence-corrected chi connectivity index (χ0v) is 21.6. The van der Waals surface area contributed by atoms with Gasteiger partial charge in [0, 0.05) is 62.2 Å². The molecule has 0 aliphatic rings. The molecule has 0 unspecified atom stereocenters. The van der Waals surface area contributed by atoms with Crippen molar-refractivity contribution in [3.05, 3.63) is 36.4 Å². The molecule has 0 radical (unpaired) electrons. The second kappa shape index (κ2) is 9.62. The number of hydrogen-bond acceptors (Lipinski definition) is 9. The Morgan fingerprint density at radius 1 is 0.448 bits per heavy atom. The summed E-state index contributed by atoms with van der Waals surface area (Å²) >= 11 is 5.03. The number of rotatable bonds is 10. The van der Waals surface area contributed by atoms with Gasteiger partial charge in [-0.2, -0.15) is 0 Å². The van der Waals surface area contributed by atoms with Crippen LogP contribution < -0.4 is 9.00 Å². The van der Waals surface area contributed by atoms with Gasteiger partial charge < -0.3 is 26.6 Å². The first-order chi connectivity index (χ1) is 14.0. The van der Waals surface area contributed by atoms with Gasteiger partial charge in [-0.05, 0) is 36.4 Å². The standard InChI is InChI=1S/C18H24O6S3Si2/c1-19-28(20-2,21-3)17-11-9-15(26-17)13-7-8-14(25-13)16-10-12-18(27-16)29(22-4,23-5)24-6/h7-12H,1-6H3. The van der Waals surface area contributed by atoms with Gasteiger partial charge >= 0.3 is 17.6 Å². The van der Waals surface area contributed by atoms with Crippen molar-refractivity contribution in [3.8, 4) is 19.5 Å². The van der Waals surface area contributed by atoms with E-state index in [1.807, 2.05) is 12.1 Å². The van der Waals surface area contributed by atoms with E-state index < -0.39 is 17.6 Å². The van der Waals surface area contributed by atoms with Gasteiger partial charge in [-0.15, -0.1) is 34.0 Å². The lowest BCUT2D eigenvalue weighted by molar-refractivity contribution is 0.140. The molecule has 0 aliphatic heterocycles. The van der Waals surface area contributed by atoms with Crippen molar-refractivity contribution in [1.29, 1.82) is 0 Å². The van der Waals surface area contributed by atoms with E-state index in [0.29, 0.717) is 0 Å².